The van der Waals surface area contributed by atoms with Crippen LogP contribution in [0.5, 0.6) is 0 Å². The van der Waals surface area contributed by atoms with Crippen LogP contribution in [-0.2, 0) is 12.8 Å². The third-order valence-electron chi connectivity index (χ3n) is 2.31. The monoisotopic (exact) mass is 206 g/mol. The molecular weight excluding hydrogens is 192 g/mol. The number of aryl methyl sites for hydroxylation is 1. The van der Waals surface area contributed by atoms with Gasteiger partial charge in [-0.05, 0) is 31.2 Å². The molecule has 1 aromatic rings. The Morgan fingerprint density at radius 2 is 1.93 bits per heavy atom. The van der Waals surface area contributed by atoms with E-state index in [0.29, 0.717) is 5.00 Å². The van der Waals surface area contributed by atoms with Crippen molar-refractivity contribution in [2.24, 2.45) is 0 Å². The van der Waals surface area contributed by atoms with Gasteiger partial charge in [0.2, 0.25) is 0 Å². The zero-order valence-corrected chi connectivity index (χ0v) is 8.99. The molecule has 0 amide bonds. The van der Waals surface area contributed by atoms with Crippen molar-refractivity contribution < 1.29 is 0 Å². The van der Waals surface area contributed by atoms with Crippen LogP contribution in [0.1, 0.15) is 28.8 Å². The number of hydrogen-bond donors (Lipinski definition) is 1. The molecule has 74 valence electrons. The van der Waals surface area contributed by atoms with Gasteiger partial charge in [-0.1, -0.05) is 0 Å². The molecule has 2 N–H and O–H groups in total. The summed E-state index contributed by atoms with van der Waals surface area (Å²) in [6, 6.07) is 2.19. The summed E-state index contributed by atoms with van der Waals surface area (Å²) >= 11 is 1.60. The third kappa shape index (κ3) is 1.80. The van der Waals surface area contributed by atoms with Gasteiger partial charge >= 0.3 is 0 Å². The SMILES string of the molecule is C=C.N#Cc1c(N)sc2c1CCCC2. The average Bonchev–Trinajstić information content (AvgIpc) is 2.56. The topological polar surface area (TPSA) is 49.8 Å². The van der Waals surface area contributed by atoms with Crippen LogP contribution in [0.15, 0.2) is 13.2 Å². The smallest absolute Gasteiger partial charge is 0.104 e. The molecule has 3 heteroatoms. The highest BCUT2D eigenvalue weighted by Crippen LogP contribution is 2.35. The quantitative estimate of drug-likeness (QED) is 0.663. The van der Waals surface area contributed by atoms with Crippen molar-refractivity contribution in [2.75, 3.05) is 5.73 Å². The first-order chi connectivity index (χ1) is 6.83. The molecule has 1 aliphatic carbocycles. The molecule has 0 aliphatic heterocycles. The summed E-state index contributed by atoms with van der Waals surface area (Å²) in [6.45, 7) is 6.00. The summed E-state index contributed by atoms with van der Waals surface area (Å²) in [4.78, 5) is 1.34. The van der Waals surface area contributed by atoms with Gasteiger partial charge in [0.1, 0.15) is 11.1 Å². The Morgan fingerprint density at radius 1 is 1.29 bits per heavy atom. The van der Waals surface area contributed by atoms with Crippen LogP contribution in [0, 0.1) is 11.3 Å². The van der Waals surface area contributed by atoms with Crippen LogP contribution < -0.4 is 5.73 Å². The maximum absolute atomic E-state index is 8.84. The number of fused-ring (bicyclic) bond motifs is 1. The molecule has 0 unspecified atom stereocenters. The van der Waals surface area contributed by atoms with Crippen molar-refractivity contribution >= 4 is 16.3 Å². The summed E-state index contributed by atoms with van der Waals surface area (Å²) in [5.41, 5.74) is 7.70. The minimum atomic E-state index is 0.712. The molecule has 14 heavy (non-hydrogen) atoms. The summed E-state index contributed by atoms with van der Waals surface area (Å²) in [6.07, 6.45) is 4.62. The second-order valence-electron chi connectivity index (χ2n) is 3.06. The average molecular weight is 206 g/mol. The molecule has 0 spiro atoms. The van der Waals surface area contributed by atoms with E-state index in [9.17, 15) is 0 Å². The number of nitrogens with zero attached hydrogens (tertiary/aromatic N) is 1. The highest BCUT2D eigenvalue weighted by molar-refractivity contribution is 7.16. The molecule has 1 aliphatic rings. The van der Waals surface area contributed by atoms with Crippen molar-refractivity contribution in [3.8, 4) is 6.07 Å². The number of thiophene rings is 1. The van der Waals surface area contributed by atoms with E-state index in [-0.39, 0.29) is 0 Å². The minimum Gasteiger partial charge on any atom is -0.389 e. The molecule has 0 radical (unpaired) electrons. The summed E-state index contributed by atoms with van der Waals surface area (Å²) in [5.74, 6) is 0. The van der Waals surface area contributed by atoms with E-state index >= 15 is 0 Å². The molecule has 2 rings (SSSR count). The van der Waals surface area contributed by atoms with Crippen LogP contribution >= 0.6 is 11.3 Å². The van der Waals surface area contributed by atoms with Gasteiger partial charge in [-0.25, -0.2) is 0 Å². The standard InChI is InChI=1S/C9H10N2S.C2H4/c10-5-7-6-3-1-2-4-8(6)12-9(7)11;1-2/h1-4,11H2;1-2H2. The van der Waals surface area contributed by atoms with E-state index in [1.165, 1.54) is 23.3 Å². The van der Waals surface area contributed by atoms with Crippen LogP contribution in [-0.4, -0.2) is 0 Å². The summed E-state index contributed by atoms with van der Waals surface area (Å²) in [7, 11) is 0. The van der Waals surface area contributed by atoms with Crippen LogP contribution in [0.2, 0.25) is 0 Å². The maximum atomic E-state index is 8.84. The van der Waals surface area contributed by atoms with Crippen LogP contribution in [0.4, 0.5) is 5.00 Å². The lowest BCUT2D eigenvalue weighted by molar-refractivity contribution is 0.696. The fourth-order valence-corrected chi connectivity index (χ4v) is 2.82. The number of nitriles is 1. The molecule has 0 saturated heterocycles. The second-order valence-corrected chi connectivity index (χ2v) is 4.20. The van der Waals surface area contributed by atoms with Gasteiger partial charge < -0.3 is 5.73 Å². The summed E-state index contributed by atoms with van der Waals surface area (Å²) < 4.78 is 0. The normalized spacial score (nSPS) is 13.4. The highest BCUT2D eigenvalue weighted by Gasteiger charge is 2.18. The van der Waals surface area contributed by atoms with Gasteiger partial charge in [0.05, 0.1) is 5.56 Å². The van der Waals surface area contributed by atoms with E-state index in [4.69, 9.17) is 11.0 Å². The molecule has 0 fully saturated rings. The van der Waals surface area contributed by atoms with Crippen molar-refractivity contribution in [2.45, 2.75) is 25.7 Å². The Morgan fingerprint density at radius 3 is 2.57 bits per heavy atom. The lowest BCUT2D eigenvalue weighted by Crippen LogP contribution is -1.99. The largest absolute Gasteiger partial charge is 0.389 e. The number of hydrogen-bond acceptors (Lipinski definition) is 3. The Hall–Kier alpha value is -1.27. The van der Waals surface area contributed by atoms with Crippen molar-refractivity contribution in [1.29, 1.82) is 5.26 Å². The van der Waals surface area contributed by atoms with Gasteiger partial charge in [0, 0.05) is 4.88 Å². The zero-order chi connectivity index (χ0) is 10.6. The fourth-order valence-electron chi connectivity index (χ4n) is 1.71. The molecule has 0 aromatic carbocycles. The second kappa shape index (κ2) is 4.83. The van der Waals surface area contributed by atoms with Crippen molar-refractivity contribution in [3.05, 3.63) is 29.2 Å². The first-order valence-electron chi connectivity index (χ1n) is 4.63. The van der Waals surface area contributed by atoms with Crippen molar-refractivity contribution in [1.82, 2.24) is 0 Å². The molecule has 0 bridgehead atoms. The Kier molecular flexibility index (Phi) is 3.73. The van der Waals surface area contributed by atoms with E-state index < -0.39 is 0 Å². The Labute approximate surface area is 88.7 Å². The molecule has 0 atom stereocenters. The number of nitrogens with two attached hydrogens (primary N) is 1. The predicted molar refractivity (Wildman–Crippen MR) is 61.3 cm³/mol. The van der Waals surface area contributed by atoms with E-state index in [1.807, 2.05) is 0 Å². The lowest BCUT2D eigenvalue weighted by atomic mass is 9.96. The Bertz CT molecular complexity index is 360. The van der Waals surface area contributed by atoms with Gasteiger partial charge in [-0.15, -0.1) is 24.5 Å². The van der Waals surface area contributed by atoms with Crippen LogP contribution in [0.3, 0.4) is 0 Å². The molecule has 2 nitrogen and oxygen atoms in total. The highest BCUT2D eigenvalue weighted by atomic mass is 32.1. The Balaban J connectivity index is 0.000000461. The molecule has 0 saturated carbocycles. The third-order valence-corrected chi connectivity index (χ3v) is 3.43. The van der Waals surface area contributed by atoms with Crippen LogP contribution in [0.25, 0.3) is 0 Å². The van der Waals surface area contributed by atoms with Gasteiger partial charge in [-0.2, -0.15) is 5.26 Å². The summed E-state index contributed by atoms with van der Waals surface area (Å²) in [5, 5.41) is 9.55. The number of nitrogen functional groups attached to an aromatic ring is 1. The van der Waals surface area contributed by atoms with E-state index in [2.05, 4.69) is 19.2 Å². The maximum Gasteiger partial charge on any atom is 0.104 e. The molecule has 1 heterocycles. The first-order valence-corrected chi connectivity index (χ1v) is 5.44. The number of anilines is 1. The lowest BCUT2D eigenvalue weighted by Gasteiger charge is -2.09. The van der Waals surface area contributed by atoms with E-state index in [1.54, 1.807) is 11.3 Å². The number of rotatable bonds is 0. The predicted octanol–water partition coefficient (Wildman–Crippen LogP) is 2.88. The van der Waals surface area contributed by atoms with Gasteiger partial charge in [0.25, 0.3) is 0 Å². The van der Waals surface area contributed by atoms with Gasteiger partial charge in [0.15, 0.2) is 0 Å². The van der Waals surface area contributed by atoms with Crippen molar-refractivity contribution in [3.63, 3.8) is 0 Å². The zero-order valence-electron chi connectivity index (χ0n) is 8.18. The van der Waals surface area contributed by atoms with E-state index in [0.717, 1.165) is 18.4 Å². The minimum absolute atomic E-state index is 0.712. The fraction of sp³-hybridized carbons (Fsp3) is 0.364. The van der Waals surface area contributed by atoms with Gasteiger partial charge in [-0.3, -0.25) is 0 Å². The molecular formula is C11H14N2S. The molecule has 1 aromatic heterocycles. The first kappa shape index (κ1) is 10.8.